The standard InChI is InChI=1S/C16H18FN/c1-2-3-12-6-9-16(17)15(10-12)14-7-4-13(11-18)5-8-14/h4-10H,2-3,11,18H2,1H3. The highest BCUT2D eigenvalue weighted by atomic mass is 19.1. The van der Waals surface area contributed by atoms with Crippen molar-refractivity contribution in [3.63, 3.8) is 0 Å². The summed E-state index contributed by atoms with van der Waals surface area (Å²) < 4.78 is 13.9. The average Bonchev–Trinajstić information content (AvgIpc) is 2.41. The maximum Gasteiger partial charge on any atom is 0.131 e. The normalized spacial score (nSPS) is 10.6. The Labute approximate surface area is 107 Å². The Kier molecular flexibility index (Phi) is 4.11. The Balaban J connectivity index is 2.38. The summed E-state index contributed by atoms with van der Waals surface area (Å²) in [6.07, 6.45) is 2.05. The van der Waals surface area contributed by atoms with Gasteiger partial charge in [0.05, 0.1) is 0 Å². The molecular weight excluding hydrogens is 225 g/mol. The zero-order valence-electron chi connectivity index (χ0n) is 10.6. The Hall–Kier alpha value is -1.67. The molecule has 0 amide bonds. The number of benzene rings is 2. The molecule has 2 aromatic carbocycles. The Morgan fingerprint density at radius 3 is 2.28 bits per heavy atom. The first-order valence-electron chi connectivity index (χ1n) is 6.32. The van der Waals surface area contributed by atoms with Gasteiger partial charge in [0.2, 0.25) is 0 Å². The van der Waals surface area contributed by atoms with Crippen LogP contribution in [0.15, 0.2) is 42.5 Å². The van der Waals surface area contributed by atoms with Crippen LogP contribution in [0.2, 0.25) is 0 Å². The van der Waals surface area contributed by atoms with E-state index in [0.717, 1.165) is 24.0 Å². The molecule has 0 fully saturated rings. The zero-order chi connectivity index (χ0) is 13.0. The van der Waals surface area contributed by atoms with Crippen molar-refractivity contribution in [1.82, 2.24) is 0 Å². The first kappa shape index (κ1) is 12.8. The molecule has 0 aliphatic rings. The lowest BCUT2D eigenvalue weighted by Crippen LogP contribution is -1.95. The van der Waals surface area contributed by atoms with E-state index < -0.39 is 0 Å². The van der Waals surface area contributed by atoms with Crippen LogP contribution < -0.4 is 5.73 Å². The van der Waals surface area contributed by atoms with Crippen LogP contribution >= 0.6 is 0 Å². The van der Waals surface area contributed by atoms with Crippen molar-refractivity contribution in [3.05, 3.63) is 59.4 Å². The van der Waals surface area contributed by atoms with Gasteiger partial charge >= 0.3 is 0 Å². The summed E-state index contributed by atoms with van der Waals surface area (Å²) in [4.78, 5) is 0. The van der Waals surface area contributed by atoms with Crippen LogP contribution in [0, 0.1) is 5.82 Å². The molecular formula is C16H18FN. The second-order valence-corrected chi connectivity index (χ2v) is 4.47. The maximum atomic E-state index is 13.9. The zero-order valence-corrected chi connectivity index (χ0v) is 10.6. The number of hydrogen-bond donors (Lipinski definition) is 1. The Bertz CT molecular complexity index is 517. The summed E-state index contributed by atoms with van der Waals surface area (Å²) in [5.74, 6) is -0.171. The molecule has 0 unspecified atom stereocenters. The van der Waals surface area contributed by atoms with E-state index >= 15 is 0 Å². The van der Waals surface area contributed by atoms with Crippen molar-refractivity contribution in [2.45, 2.75) is 26.3 Å². The molecule has 2 heteroatoms. The number of nitrogens with two attached hydrogens (primary N) is 1. The lowest BCUT2D eigenvalue weighted by Gasteiger charge is -2.07. The molecule has 0 radical (unpaired) electrons. The second-order valence-electron chi connectivity index (χ2n) is 4.47. The van der Waals surface area contributed by atoms with Crippen LogP contribution in [-0.4, -0.2) is 0 Å². The van der Waals surface area contributed by atoms with Gasteiger partial charge in [-0.1, -0.05) is 43.7 Å². The largest absolute Gasteiger partial charge is 0.326 e. The molecule has 2 N–H and O–H groups in total. The molecule has 0 atom stereocenters. The van der Waals surface area contributed by atoms with E-state index in [1.807, 2.05) is 36.4 Å². The lowest BCUT2D eigenvalue weighted by molar-refractivity contribution is 0.630. The molecule has 2 aromatic rings. The van der Waals surface area contributed by atoms with Gasteiger partial charge in [-0.15, -0.1) is 0 Å². The van der Waals surface area contributed by atoms with Gasteiger partial charge < -0.3 is 5.73 Å². The van der Waals surface area contributed by atoms with E-state index in [9.17, 15) is 4.39 Å². The third-order valence-corrected chi connectivity index (χ3v) is 3.07. The molecule has 0 aliphatic heterocycles. The van der Waals surface area contributed by atoms with Crippen LogP contribution in [0.25, 0.3) is 11.1 Å². The van der Waals surface area contributed by atoms with Crippen molar-refractivity contribution >= 4 is 0 Å². The van der Waals surface area contributed by atoms with Crippen LogP contribution in [0.5, 0.6) is 0 Å². The minimum atomic E-state index is -0.171. The first-order chi connectivity index (χ1) is 8.74. The molecule has 0 saturated heterocycles. The van der Waals surface area contributed by atoms with Gasteiger partial charge in [0.15, 0.2) is 0 Å². The molecule has 0 spiro atoms. The molecule has 94 valence electrons. The number of hydrogen-bond acceptors (Lipinski definition) is 1. The minimum absolute atomic E-state index is 0.171. The second kappa shape index (κ2) is 5.78. The number of halogens is 1. The van der Waals surface area contributed by atoms with Gasteiger partial charge in [0, 0.05) is 12.1 Å². The summed E-state index contributed by atoms with van der Waals surface area (Å²) in [5, 5.41) is 0. The lowest BCUT2D eigenvalue weighted by atomic mass is 9.99. The molecule has 0 aliphatic carbocycles. The average molecular weight is 243 g/mol. The van der Waals surface area contributed by atoms with Crippen LogP contribution in [-0.2, 0) is 13.0 Å². The van der Waals surface area contributed by atoms with Crippen molar-refractivity contribution in [2.75, 3.05) is 0 Å². The quantitative estimate of drug-likeness (QED) is 0.865. The van der Waals surface area contributed by atoms with Crippen LogP contribution in [0.4, 0.5) is 4.39 Å². The fraction of sp³-hybridized carbons (Fsp3) is 0.250. The van der Waals surface area contributed by atoms with Gasteiger partial charge in [0.25, 0.3) is 0 Å². The maximum absolute atomic E-state index is 13.9. The minimum Gasteiger partial charge on any atom is -0.326 e. The fourth-order valence-corrected chi connectivity index (χ4v) is 2.06. The van der Waals surface area contributed by atoms with Gasteiger partial charge in [-0.3, -0.25) is 0 Å². The summed E-state index contributed by atoms with van der Waals surface area (Å²) in [6, 6.07) is 13.1. The van der Waals surface area contributed by atoms with E-state index in [0.29, 0.717) is 12.1 Å². The SMILES string of the molecule is CCCc1ccc(F)c(-c2ccc(CN)cc2)c1. The molecule has 0 bridgehead atoms. The highest BCUT2D eigenvalue weighted by Gasteiger charge is 2.06. The highest BCUT2D eigenvalue weighted by molar-refractivity contribution is 5.65. The van der Waals surface area contributed by atoms with E-state index in [2.05, 4.69) is 6.92 Å². The monoisotopic (exact) mass is 243 g/mol. The van der Waals surface area contributed by atoms with Gasteiger partial charge in [-0.2, -0.15) is 0 Å². The smallest absolute Gasteiger partial charge is 0.131 e. The summed E-state index contributed by atoms with van der Waals surface area (Å²) >= 11 is 0. The van der Waals surface area contributed by atoms with Gasteiger partial charge in [-0.25, -0.2) is 4.39 Å². The first-order valence-corrected chi connectivity index (χ1v) is 6.32. The number of rotatable bonds is 4. The Morgan fingerprint density at radius 1 is 1.00 bits per heavy atom. The topological polar surface area (TPSA) is 26.0 Å². The fourth-order valence-electron chi connectivity index (χ4n) is 2.06. The highest BCUT2D eigenvalue weighted by Crippen LogP contribution is 2.25. The molecule has 18 heavy (non-hydrogen) atoms. The molecule has 0 heterocycles. The molecule has 0 aromatic heterocycles. The predicted octanol–water partition coefficient (Wildman–Crippen LogP) is 3.90. The predicted molar refractivity (Wildman–Crippen MR) is 73.7 cm³/mol. The third kappa shape index (κ3) is 2.77. The van der Waals surface area contributed by atoms with E-state index in [1.54, 1.807) is 6.07 Å². The summed E-state index contributed by atoms with van der Waals surface area (Å²) in [7, 11) is 0. The van der Waals surface area contributed by atoms with Crippen molar-refractivity contribution in [2.24, 2.45) is 5.73 Å². The third-order valence-electron chi connectivity index (χ3n) is 3.07. The van der Waals surface area contributed by atoms with Gasteiger partial charge in [-0.05, 0) is 35.2 Å². The van der Waals surface area contributed by atoms with Crippen LogP contribution in [0.3, 0.4) is 0 Å². The van der Waals surface area contributed by atoms with E-state index in [4.69, 9.17) is 5.73 Å². The Morgan fingerprint density at radius 2 is 1.67 bits per heavy atom. The number of aryl methyl sites for hydroxylation is 1. The molecule has 1 nitrogen and oxygen atoms in total. The van der Waals surface area contributed by atoms with E-state index in [-0.39, 0.29) is 5.82 Å². The van der Waals surface area contributed by atoms with Crippen molar-refractivity contribution in [3.8, 4) is 11.1 Å². The van der Waals surface area contributed by atoms with Crippen molar-refractivity contribution in [1.29, 1.82) is 0 Å². The molecule has 0 saturated carbocycles. The molecule has 2 rings (SSSR count). The van der Waals surface area contributed by atoms with Crippen LogP contribution in [0.1, 0.15) is 24.5 Å². The van der Waals surface area contributed by atoms with Gasteiger partial charge in [0.1, 0.15) is 5.82 Å². The summed E-state index contributed by atoms with van der Waals surface area (Å²) in [5.41, 5.74) is 9.37. The summed E-state index contributed by atoms with van der Waals surface area (Å²) in [6.45, 7) is 2.64. The van der Waals surface area contributed by atoms with Crippen molar-refractivity contribution < 1.29 is 4.39 Å². The van der Waals surface area contributed by atoms with E-state index in [1.165, 1.54) is 5.56 Å².